The van der Waals surface area contributed by atoms with E-state index in [4.69, 9.17) is 0 Å². The predicted octanol–water partition coefficient (Wildman–Crippen LogP) is 3.06. The van der Waals surface area contributed by atoms with E-state index in [9.17, 15) is 8.42 Å². The first-order valence-electron chi connectivity index (χ1n) is 7.63. The highest BCUT2D eigenvalue weighted by Crippen LogP contribution is 2.34. The van der Waals surface area contributed by atoms with Crippen LogP contribution in [0.2, 0.25) is 0 Å². The summed E-state index contributed by atoms with van der Waals surface area (Å²) in [5.41, 5.74) is 0. The predicted molar refractivity (Wildman–Crippen MR) is 88.0 cm³/mol. The Bertz CT molecular complexity index is 560. The van der Waals surface area contributed by atoms with Gasteiger partial charge in [0.15, 0.2) is 0 Å². The molecule has 0 saturated heterocycles. The van der Waals surface area contributed by atoms with Crippen molar-refractivity contribution in [1.82, 2.24) is 9.62 Å². The summed E-state index contributed by atoms with van der Waals surface area (Å²) in [5, 5.41) is 5.11. The third kappa shape index (κ3) is 4.52. The fraction of sp³-hybridized carbons (Fsp3) is 0.733. The second-order valence-corrected chi connectivity index (χ2v) is 9.37. The Balaban J connectivity index is 2.14. The molecule has 0 spiro atoms. The van der Waals surface area contributed by atoms with E-state index in [1.165, 1.54) is 11.3 Å². The highest BCUT2D eigenvalue weighted by atomic mass is 32.2. The maximum Gasteiger partial charge on any atom is 0.244 e. The van der Waals surface area contributed by atoms with Gasteiger partial charge in [0, 0.05) is 35.4 Å². The van der Waals surface area contributed by atoms with E-state index >= 15 is 0 Å². The molecule has 1 aromatic heterocycles. The van der Waals surface area contributed by atoms with Gasteiger partial charge in [-0.2, -0.15) is 4.31 Å². The Labute approximate surface area is 132 Å². The lowest BCUT2D eigenvalue weighted by molar-refractivity contribution is 0.360. The number of nitrogens with zero attached hydrogens (tertiary/aromatic N) is 1. The minimum absolute atomic E-state index is 0.217. The van der Waals surface area contributed by atoms with Crippen molar-refractivity contribution in [3.05, 3.63) is 16.3 Å². The molecule has 2 rings (SSSR count). The van der Waals surface area contributed by atoms with Crippen molar-refractivity contribution in [1.29, 1.82) is 0 Å². The van der Waals surface area contributed by atoms with E-state index in [0.717, 1.165) is 24.3 Å². The van der Waals surface area contributed by atoms with Crippen LogP contribution in [-0.4, -0.2) is 31.4 Å². The van der Waals surface area contributed by atoms with Crippen molar-refractivity contribution in [2.45, 2.75) is 64.1 Å². The fourth-order valence-electron chi connectivity index (χ4n) is 2.19. The summed E-state index contributed by atoms with van der Waals surface area (Å²) >= 11 is 1.52. The standard InChI is InChI=1S/C15H26N2O2S2/c1-11(2)9-17(13-5-6-13)21(18,19)15-7-14(20-10-15)8-16-12(3)4/h7,10-13,16H,5-6,8-9H2,1-4H3. The number of thiophene rings is 1. The second kappa shape index (κ2) is 6.77. The Morgan fingerprint density at radius 1 is 1.33 bits per heavy atom. The van der Waals surface area contributed by atoms with E-state index in [0.29, 0.717) is 23.4 Å². The normalized spacial score (nSPS) is 16.3. The largest absolute Gasteiger partial charge is 0.310 e. The van der Waals surface area contributed by atoms with Crippen LogP contribution in [0.5, 0.6) is 0 Å². The SMILES string of the molecule is CC(C)CN(C1CC1)S(=O)(=O)c1csc(CNC(C)C)c1. The van der Waals surface area contributed by atoms with Gasteiger partial charge in [-0.15, -0.1) is 11.3 Å². The van der Waals surface area contributed by atoms with E-state index < -0.39 is 10.0 Å². The number of rotatable bonds is 8. The summed E-state index contributed by atoms with van der Waals surface area (Å²) in [4.78, 5) is 1.53. The maximum absolute atomic E-state index is 12.8. The first kappa shape index (κ1) is 16.9. The molecule has 1 aliphatic rings. The van der Waals surface area contributed by atoms with Gasteiger partial charge in [-0.1, -0.05) is 27.7 Å². The molecule has 0 amide bonds. The lowest BCUT2D eigenvalue weighted by Gasteiger charge is -2.23. The smallest absolute Gasteiger partial charge is 0.244 e. The molecule has 1 N–H and O–H groups in total. The highest BCUT2D eigenvalue weighted by molar-refractivity contribution is 7.89. The molecule has 0 unspecified atom stereocenters. The fourth-order valence-corrected chi connectivity index (χ4v) is 5.26. The van der Waals surface area contributed by atoms with Crippen LogP contribution in [0.1, 0.15) is 45.4 Å². The summed E-state index contributed by atoms with van der Waals surface area (Å²) < 4.78 is 27.3. The van der Waals surface area contributed by atoms with Crippen molar-refractivity contribution < 1.29 is 8.42 Å². The van der Waals surface area contributed by atoms with E-state index in [-0.39, 0.29) is 6.04 Å². The third-order valence-corrected chi connectivity index (χ3v) is 6.40. The minimum atomic E-state index is -3.33. The third-order valence-electron chi connectivity index (χ3n) is 3.42. The topological polar surface area (TPSA) is 49.4 Å². The summed E-state index contributed by atoms with van der Waals surface area (Å²) in [6, 6.07) is 2.44. The van der Waals surface area contributed by atoms with Gasteiger partial charge in [-0.05, 0) is 24.8 Å². The molecule has 21 heavy (non-hydrogen) atoms. The average molecular weight is 331 g/mol. The van der Waals surface area contributed by atoms with E-state index in [2.05, 4.69) is 33.0 Å². The molecule has 1 saturated carbocycles. The molecule has 120 valence electrons. The van der Waals surface area contributed by atoms with Crippen molar-refractivity contribution in [3.63, 3.8) is 0 Å². The lowest BCUT2D eigenvalue weighted by Crippen LogP contribution is -2.35. The number of sulfonamides is 1. The minimum Gasteiger partial charge on any atom is -0.310 e. The zero-order chi connectivity index (χ0) is 15.6. The molecule has 4 nitrogen and oxygen atoms in total. The molecule has 1 fully saturated rings. The zero-order valence-electron chi connectivity index (χ0n) is 13.3. The molecule has 1 aliphatic carbocycles. The van der Waals surface area contributed by atoms with Crippen LogP contribution in [0.4, 0.5) is 0 Å². The van der Waals surface area contributed by atoms with Gasteiger partial charge >= 0.3 is 0 Å². The van der Waals surface area contributed by atoms with Crippen molar-refractivity contribution in [2.24, 2.45) is 5.92 Å². The van der Waals surface area contributed by atoms with Crippen molar-refractivity contribution in [2.75, 3.05) is 6.54 Å². The van der Waals surface area contributed by atoms with Gasteiger partial charge in [0.2, 0.25) is 10.0 Å². The van der Waals surface area contributed by atoms with Crippen LogP contribution in [0.3, 0.4) is 0 Å². The van der Waals surface area contributed by atoms with Crippen LogP contribution in [-0.2, 0) is 16.6 Å². The monoisotopic (exact) mass is 330 g/mol. The molecule has 6 heteroatoms. The lowest BCUT2D eigenvalue weighted by atomic mass is 10.2. The summed E-state index contributed by atoms with van der Waals surface area (Å²) in [6.07, 6.45) is 2.00. The van der Waals surface area contributed by atoms with Gasteiger partial charge < -0.3 is 5.32 Å². The molecule has 1 heterocycles. The Hall–Kier alpha value is -0.430. The van der Waals surface area contributed by atoms with E-state index in [1.807, 2.05) is 6.07 Å². The number of hydrogen-bond donors (Lipinski definition) is 1. The number of hydrogen-bond acceptors (Lipinski definition) is 4. The van der Waals surface area contributed by atoms with Gasteiger partial charge in [-0.3, -0.25) is 0 Å². The van der Waals surface area contributed by atoms with Crippen LogP contribution >= 0.6 is 11.3 Å². The second-order valence-electron chi connectivity index (χ2n) is 6.48. The van der Waals surface area contributed by atoms with Gasteiger partial charge in [0.1, 0.15) is 0 Å². The van der Waals surface area contributed by atoms with Gasteiger partial charge in [0.05, 0.1) is 4.90 Å². The molecule has 0 radical (unpaired) electrons. The molecule has 0 atom stereocenters. The van der Waals surface area contributed by atoms with Crippen LogP contribution in [0.15, 0.2) is 16.3 Å². The van der Waals surface area contributed by atoms with Crippen LogP contribution in [0, 0.1) is 5.92 Å². The zero-order valence-corrected chi connectivity index (χ0v) is 14.9. The van der Waals surface area contributed by atoms with Gasteiger partial charge in [-0.25, -0.2) is 8.42 Å². The van der Waals surface area contributed by atoms with Crippen molar-refractivity contribution >= 4 is 21.4 Å². The molecular formula is C15H26N2O2S2. The first-order valence-corrected chi connectivity index (χ1v) is 9.95. The Kier molecular flexibility index (Phi) is 5.46. The molecule has 0 aromatic carbocycles. The summed E-state index contributed by atoms with van der Waals surface area (Å²) in [7, 11) is -3.33. The Morgan fingerprint density at radius 2 is 2.00 bits per heavy atom. The molecular weight excluding hydrogens is 304 g/mol. The first-order chi connectivity index (χ1) is 9.80. The quantitative estimate of drug-likeness (QED) is 0.797. The highest BCUT2D eigenvalue weighted by Gasteiger charge is 2.38. The average Bonchev–Trinajstić information content (AvgIpc) is 3.10. The van der Waals surface area contributed by atoms with Crippen LogP contribution < -0.4 is 5.32 Å². The van der Waals surface area contributed by atoms with Crippen molar-refractivity contribution in [3.8, 4) is 0 Å². The molecule has 1 aromatic rings. The Morgan fingerprint density at radius 3 is 2.52 bits per heavy atom. The summed E-state index contributed by atoms with van der Waals surface area (Å²) in [6.45, 7) is 9.65. The maximum atomic E-state index is 12.8. The molecule has 0 bridgehead atoms. The van der Waals surface area contributed by atoms with Gasteiger partial charge in [0.25, 0.3) is 0 Å². The molecule has 0 aliphatic heterocycles. The van der Waals surface area contributed by atoms with E-state index in [1.54, 1.807) is 9.69 Å². The van der Waals surface area contributed by atoms with Crippen LogP contribution in [0.25, 0.3) is 0 Å². The number of nitrogens with one attached hydrogen (secondary N) is 1. The summed E-state index contributed by atoms with van der Waals surface area (Å²) in [5.74, 6) is 0.348.